The van der Waals surface area contributed by atoms with Crippen LogP contribution in [0.3, 0.4) is 0 Å². The Kier molecular flexibility index (Phi) is 14.7. The van der Waals surface area contributed by atoms with Gasteiger partial charge in [0.1, 0.15) is 11.2 Å². The van der Waals surface area contributed by atoms with Gasteiger partial charge < -0.3 is 23.4 Å². The molecule has 8 saturated carbocycles. The fraction of sp³-hybridized carbons (Fsp3) is 0.211. The summed E-state index contributed by atoms with van der Waals surface area (Å²) < 4.78 is 11.6. The van der Waals surface area contributed by atoms with Crippen LogP contribution in [0.4, 0.5) is 34.1 Å². The highest BCUT2D eigenvalue weighted by Crippen LogP contribution is 2.74. The standard InChI is InChI=1S/C114H92N4O/c1-3-73-38-44-84(116(88-46-51-96-94-29-14-19-36-107(94)118(109(96)66-88)82-24-9-6-10-25-82)86-48-52-104-100(64-86)91-26-11-16-33-102(91)113(104)77-55-70-54-71(57-77)58-78(113)56-70)62-99(73)89-49-41-76(61-74(89)4-2)112-67-72-59-79(68-112)114(80(60-72)69-112)103-34-17-12-27-92(103)101-63-85(47-53-105(101)114)115(83-42-39-75(40-43-83)90-31-21-32-98-97-30-15-20-37-110(97)119-111(90)98)87-45-50-95-93-28-13-18-35-106(93)117(108(95)65-87)81-22-7-5-8-23-81/h5-53,61-66,70-72,77-80H,3-4,54-60,67-69H2,1-2H3. The Labute approximate surface area is 695 Å². The fourth-order valence-electron chi connectivity index (χ4n) is 27.3. The Morgan fingerprint density at radius 1 is 0.294 bits per heavy atom. The van der Waals surface area contributed by atoms with Gasteiger partial charge in [-0.3, -0.25) is 0 Å². The highest BCUT2D eigenvalue weighted by Gasteiger charge is 2.66. The molecule has 0 aliphatic heterocycles. The molecule has 10 aliphatic rings. The van der Waals surface area contributed by atoms with E-state index in [9.17, 15) is 0 Å². The van der Waals surface area contributed by atoms with Gasteiger partial charge in [0.05, 0.1) is 22.1 Å². The van der Waals surface area contributed by atoms with Gasteiger partial charge in [0.25, 0.3) is 0 Å². The first-order valence-electron chi connectivity index (χ1n) is 44.3. The summed E-state index contributed by atoms with van der Waals surface area (Å²) in [6, 6.07) is 129. The van der Waals surface area contributed by atoms with Gasteiger partial charge in [0.15, 0.2) is 0 Å². The Balaban J connectivity index is 0.580. The molecule has 28 rings (SSSR count). The molecule has 8 fully saturated rings. The van der Waals surface area contributed by atoms with Gasteiger partial charge in [0, 0.05) is 94.2 Å². The summed E-state index contributed by atoms with van der Waals surface area (Å²) in [5.41, 5.74) is 37.4. The zero-order valence-electron chi connectivity index (χ0n) is 67.5. The quantitative estimate of drug-likeness (QED) is 0.115. The zero-order chi connectivity index (χ0) is 78.1. The number of anilines is 6. The molecule has 10 aliphatic carbocycles. The minimum atomic E-state index is -0.0815. The van der Waals surface area contributed by atoms with Crippen LogP contribution >= 0.6 is 0 Å². The summed E-state index contributed by atoms with van der Waals surface area (Å²) in [7, 11) is 0. The fourth-order valence-corrected chi connectivity index (χ4v) is 27.3. The molecule has 574 valence electrons. The van der Waals surface area contributed by atoms with E-state index in [4.69, 9.17) is 4.42 Å². The van der Waals surface area contributed by atoms with Crippen LogP contribution in [0.5, 0.6) is 0 Å². The van der Waals surface area contributed by atoms with Gasteiger partial charge in [-0.15, -0.1) is 0 Å². The second-order valence-corrected chi connectivity index (χ2v) is 36.9. The average molecular weight is 1530 g/mol. The summed E-state index contributed by atoms with van der Waals surface area (Å²) in [5, 5.41) is 7.31. The number of para-hydroxylation sites is 6. The molecule has 3 aromatic heterocycles. The minimum absolute atomic E-state index is 0.0815. The second-order valence-electron chi connectivity index (χ2n) is 36.9. The van der Waals surface area contributed by atoms with Crippen LogP contribution < -0.4 is 9.80 Å². The molecule has 0 radical (unpaired) electrons. The number of benzene rings is 15. The lowest BCUT2D eigenvalue weighted by Crippen LogP contribution is -2.60. The number of hydrogen-bond acceptors (Lipinski definition) is 3. The first-order chi connectivity index (χ1) is 58.8. The minimum Gasteiger partial charge on any atom is -0.455 e. The van der Waals surface area contributed by atoms with E-state index in [0.717, 1.165) is 86.2 Å². The van der Waals surface area contributed by atoms with E-state index in [1.54, 1.807) is 27.8 Å². The summed E-state index contributed by atoms with van der Waals surface area (Å²) >= 11 is 0. The molecule has 0 saturated heterocycles. The maximum Gasteiger partial charge on any atom is 0.143 e. The van der Waals surface area contributed by atoms with Gasteiger partial charge >= 0.3 is 0 Å². The van der Waals surface area contributed by atoms with Crippen LogP contribution in [0.1, 0.15) is 117 Å². The highest BCUT2D eigenvalue weighted by atomic mass is 16.3. The number of hydrogen-bond donors (Lipinski definition) is 0. The van der Waals surface area contributed by atoms with Crippen LogP contribution in [-0.4, -0.2) is 9.13 Å². The lowest BCUT2D eigenvalue weighted by Gasteiger charge is -2.65. The van der Waals surface area contributed by atoms with Crippen LogP contribution in [-0.2, 0) is 29.1 Å². The third-order valence-corrected chi connectivity index (χ3v) is 31.5. The Morgan fingerprint density at radius 2 is 0.739 bits per heavy atom. The summed E-state index contributed by atoms with van der Waals surface area (Å²) in [6.07, 6.45) is 15.1. The van der Waals surface area contributed by atoms with Gasteiger partial charge in [-0.1, -0.05) is 232 Å². The zero-order valence-corrected chi connectivity index (χ0v) is 67.5. The predicted octanol–water partition coefficient (Wildman–Crippen LogP) is 29.9. The molecule has 0 amide bonds. The number of aryl methyl sites for hydroxylation is 2. The number of aromatic nitrogens is 2. The van der Waals surface area contributed by atoms with Crippen molar-refractivity contribution in [2.75, 3.05) is 9.80 Å². The normalized spacial score (nSPS) is 23.1. The van der Waals surface area contributed by atoms with E-state index in [1.165, 1.54) is 169 Å². The molecule has 2 unspecified atom stereocenters. The van der Waals surface area contributed by atoms with Gasteiger partial charge in [-0.05, 0) is 317 Å². The van der Waals surface area contributed by atoms with Crippen molar-refractivity contribution in [1.29, 1.82) is 0 Å². The van der Waals surface area contributed by atoms with E-state index < -0.39 is 0 Å². The smallest absolute Gasteiger partial charge is 0.143 e. The molecule has 119 heavy (non-hydrogen) atoms. The number of fused-ring (bicyclic) bond motifs is 15. The Morgan fingerprint density at radius 3 is 1.33 bits per heavy atom. The lowest BCUT2D eigenvalue weighted by molar-refractivity contribution is -0.0595. The molecule has 18 aromatic rings. The molecular weight excluding hydrogens is 1440 g/mol. The molecule has 0 N–H and O–H groups in total. The van der Waals surface area contributed by atoms with Gasteiger partial charge in [0.2, 0.25) is 0 Å². The topological polar surface area (TPSA) is 29.5 Å². The van der Waals surface area contributed by atoms with Crippen molar-refractivity contribution in [2.24, 2.45) is 41.4 Å². The molecule has 2 atom stereocenters. The highest BCUT2D eigenvalue weighted by molar-refractivity contribution is 6.13. The van der Waals surface area contributed by atoms with Gasteiger partial charge in [-0.25, -0.2) is 0 Å². The molecule has 3 heterocycles. The molecule has 15 aromatic carbocycles. The van der Waals surface area contributed by atoms with Gasteiger partial charge in [-0.2, -0.15) is 0 Å². The molecular formula is C114H92N4O. The van der Waals surface area contributed by atoms with Crippen molar-refractivity contribution in [2.45, 2.75) is 107 Å². The van der Waals surface area contributed by atoms with Crippen LogP contribution in [0.15, 0.2) is 338 Å². The van der Waals surface area contributed by atoms with Crippen molar-refractivity contribution in [3.05, 3.63) is 373 Å². The first-order valence-corrected chi connectivity index (χ1v) is 44.3. The number of furan rings is 1. The number of nitrogens with zero attached hydrogens (tertiary/aromatic N) is 4. The van der Waals surface area contributed by atoms with E-state index in [1.807, 2.05) is 0 Å². The summed E-state index contributed by atoms with van der Waals surface area (Å²) in [4.78, 5) is 5.15. The molecule has 5 nitrogen and oxygen atoms in total. The van der Waals surface area contributed by atoms with Crippen molar-refractivity contribution in [1.82, 2.24) is 9.13 Å². The molecule has 8 bridgehead atoms. The van der Waals surface area contributed by atoms with Crippen molar-refractivity contribution < 1.29 is 4.42 Å². The monoisotopic (exact) mass is 1530 g/mol. The van der Waals surface area contributed by atoms with Crippen molar-refractivity contribution in [3.8, 4) is 55.9 Å². The predicted molar refractivity (Wildman–Crippen MR) is 493 cm³/mol. The number of rotatable bonds is 13. The Bertz CT molecular complexity index is 7210. The Hall–Kier alpha value is -12.7. The molecule has 2 spiro atoms. The average Bonchev–Trinajstić information content (AvgIpc) is 1.61. The maximum absolute atomic E-state index is 6.66. The largest absolute Gasteiger partial charge is 0.455 e. The lowest BCUT2D eigenvalue weighted by atomic mass is 9.38. The summed E-state index contributed by atoms with van der Waals surface area (Å²) in [5.74, 6) is 4.88. The maximum atomic E-state index is 6.66. The first kappa shape index (κ1) is 68.4. The summed E-state index contributed by atoms with van der Waals surface area (Å²) in [6.45, 7) is 4.78. The SMILES string of the molecule is CCc1cc(C23CC4CC(C2)C2(c5ccccc5-c5cc(N(c6ccc(-c7cccc8c7oc7ccccc78)cc6)c6ccc7c8ccccc8n(-c8ccccc8)c7c6)ccc52)C(C4)C3)ccc1-c1cc(N(c2ccc3c(c2)-c2ccccc2C32C3CC4CC(C3)CC2C4)c2ccc3c4ccccc4n(-c4ccccc4)c3c2)ccc1CC. The van der Waals surface area contributed by atoms with Crippen molar-refractivity contribution >= 4 is 99.7 Å². The second kappa shape index (κ2) is 25.7. The van der Waals surface area contributed by atoms with E-state index in [-0.39, 0.29) is 16.2 Å². The molecule has 5 heteroatoms. The van der Waals surface area contributed by atoms with Crippen LogP contribution in [0.2, 0.25) is 0 Å². The van der Waals surface area contributed by atoms with Crippen LogP contribution in [0, 0.1) is 41.4 Å². The third kappa shape index (κ3) is 9.65. The van der Waals surface area contributed by atoms with Crippen molar-refractivity contribution in [3.63, 3.8) is 0 Å². The van der Waals surface area contributed by atoms with E-state index in [0.29, 0.717) is 29.6 Å². The van der Waals surface area contributed by atoms with E-state index >= 15 is 0 Å². The van der Waals surface area contributed by atoms with E-state index in [2.05, 4.69) is 366 Å². The van der Waals surface area contributed by atoms with Crippen LogP contribution in [0.25, 0.3) is 121 Å². The third-order valence-electron chi connectivity index (χ3n) is 31.5.